The zero-order valence-corrected chi connectivity index (χ0v) is 9.66. The maximum absolute atomic E-state index is 10.9. The van der Waals surface area contributed by atoms with Gasteiger partial charge in [-0.05, 0) is 25.7 Å². The molecule has 0 spiro atoms. The highest BCUT2D eigenvalue weighted by Crippen LogP contribution is 2.35. The third-order valence-electron chi connectivity index (χ3n) is 2.83. The van der Waals surface area contributed by atoms with Gasteiger partial charge in [0.2, 0.25) is 0 Å². The number of allylic oxidation sites excluding steroid dienone is 2. The van der Waals surface area contributed by atoms with Crippen molar-refractivity contribution in [2.24, 2.45) is 5.92 Å². The van der Waals surface area contributed by atoms with Gasteiger partial charge in [-0.2, -0.15) is 0 Å². The Morgan fingerprint density at radius 3 is 2.93 bits per heavy atom. The van der Waals surface area contributed by atoms with Crippen molar-refractivity contribution >= 4 is 5.97 Å². The number of rotatable bonds is 4. The van der Waals surface area contributed by atoms with Crippen LogP contribution in [0, 0.1) is 5.92 Å². The Hall–Kier alpha value is -1.05. The van der Waals surface area contributed by atoms with Gasteiger partial charge in [0, 0.05) is 12.8 Å². The highest BCUT2D eigenvalue weighted by atomic mass is 16.5. The van der Waals surface area contributed by atoms with E-state index in [-0.39, 0.29) is 12.1 Å². The van der Waals surface area contributed by atoms with Gasteiger partial charge in [0.25, 0.3) is 0 Å². The quantitative estimate of drug-likeness (QED) is 0.523. The van der Waals surface area contributed by atoms with Crippen LogP contribution in [0.15, 0.2) is 24.3 Å². The Labute approximate surface area is 92.0 Å². The summed E-state index contributed by atoms with van der Waals surface area (Å²) in [6, 6.07) is 0. The van der Waals surface area contributed by atoms with Gasteiger partial charge < -0.3 is 4.74 Å². The van der Waals surface area contributed by atoms with Crippen molar-refractivity contribution in [3.8, 4) is 0 Å². The average molecular weight is 208 g/mol. The summed E-state index contributed by atoms with van der Waals surface area (Å²) in [5.74, 6) is 0.149. The standard InChI is InChI=1S/C13H20O2/c1-4-5-6-7-12-10(2)8-9-13(12)15-11(3)14/h5-6,12-13H,2,4,7-9H2,1,3H3/b6-5-. The van der Waals surface area contributed by atoms with Crippen LogP contribution in [-0.2, 0) is 9.53 Å². The van der Waals surface area contributed by atoms with Gasteiger partial charge in [-0.1, -0.05) is 31.2 Å². The summed E-state index contributed by atoms with van der Waals surface area (Å²) < 4.78 is 5.29. The van der Waals surface area contributed by atoms with E-state index in [0.717, 1.165) is 25.7 Å². The van der Waals surface area contributed by atoms with Crippen LogP contribution in [0.25, 0.3) is 0 Å². The molecule has 0 bridgehead atoms. The van der Waals surface area contributed by atoms with Gasteiger partial charge in [-0.15, -0.1) is 0 Å². The van der Waals surface area contributed by atoms with Crippen LogP contribution in [-0.4, -0.2) is 12.1 Å². The van der Waals surface area contributed by atoms with E-state index in [1.54, 1.807) is 0 Å². The number of hydrogen-bond acceptors (Lipinski definition) is 2. The first-order chi connectivity index (χ1) is 7.15. The molecule has 2 nitrogen and oxygen atoms in total. The molecule has 2 atom stereocenters. The summed E-state index contributed by atoms with van der Waals surface area (Å²) in [5, 5.41) is 0. The van der Waals surface area contributed by atoms with Crippen LogP contribution < -0.4 is 0 Å². The molecule has 1 rings (SSSR count). The second-order valence-corrected chi connectivity index (χ2v) is 4.07. The lowest BCUT2D eigenvalue weighted by atomic mass is 9.98. The van der Waals surface area contributed by atoms with E-state index in [0.29, 0.717) is 5.92 Å². The molecule has 1 fully saturated rings. The van der Waals surface area contributed by atoms with E-state index in [4.69, 9.17) is 4.74 Å². The second kappa shape index (κ2) is 5.74. The third-order valence-corrected chi connectivity index (χ3v) is 2.83. The van der Waals surface area contributed by atoms with Gasteiger partial charge in [-0.25, -0.2) is 0 Å². The molecule has 0 radical (unpaired) electrons. The second-order valence-electron chi connectivity index (χ2n) is 4.07. The predicted octanol–water partition coefficient (Wildman–Crippen LogP) is 3.24. The van der Waals surface area contributed by atoms with E-state index in [2.05, 4.69) is 25.7 Å². The summed E-state index contributed by atoms with van der Waals surface area (Å²) in [7, 11) is 0. The first-order valence-electron chi connectivity index (χ1n) is 5.65. The van der Waals surface area contributed by atoms with Gasteiger partial charge in [0.15, 0.2) is 0 Å². The third kappa shape index (κ3) is 3.54. The Kier molecular flexibility index (Phi) is 4.60. The highest BCUT2D eigenvalue weighted by Gasteiger charge is 2.31. The van der Waals surface area contributed by atoms with Crippen molar-refractivity contribution in [3.05, 3.63) is 24.3 Å². The summed E-state index contributed by atoms with van der Waals surface area (Å²) >= 11 is 0. The predicted molar refractivity (Wildman–Crippen MR) is 61.5 cm³/mol. The molecule has 0 aliphatic heterocycles. The number of esters is 1. The van der Waals surface area contributed by atoms with Crippen LogP contribution in [0.2, 0.25) is 0 Å². The summed E-state index contributed by atoms with van der Waals surface area (Å²) in [4.78, 5) is 10.9. The Balaban J connectivity index is 2.52. The van der Waals surface area contributed by atoms with Crippen LogP contribution in [0.5, 0.6) is 0 Å². The molecule has 0 N–H and O–H groups in total. The zero-order valence-electron chi connectivity index (χ0n) is 9.66. The molecule has 1 aliphatic rings. The van der Waals surface area contributed by atoms with E-state index in [1.807, 2.05) is 0 Å². The molecular weight excluding hydrogens is 188 g/mol. The fourth-order valence-corrected chi connectivity index (χ4v) is 2.06. The SMILES string of the molecule is C=C1CCC(OC(C)=O)C1C/C=C\CC. The van der Waals surface area contributed by atoms with Crippen LogP contribution >= 0.6 is 0 Å². The van der Waals surface area contributed by atoms with E-state index in [9.17, 15) is 4.79 Å². The van der Waals surface area contributed by atoms with E-state index in [1.165, 1.54) is 12.5 Å². The van der Waals surface area contributed by atoms with Gasteiger partial charge in [0.05, 0.1) is 0 Å². The van der Waals surface area contributed by atoms with Gasteiger partial charge >= 0.3 is 5.97 Å². The number of carbonyl (C=O) groups is 1. The molecule has 0 aromatic heterocycles. The minimum Gasteiger partial charge on any atom is -0.462 e. The normalized spacial score (nSPS) is 26.1. The lowest BCUT2D eigenvalue weighted by molar-refractivity contribution is -0.147. The minimum absolute atomic E-state index is 0.0523. The Morgan fingerprint density at radius 2 is 2.33 bits per heavy atom. The summed E-state index contributed by atoms with van der Waals surface area (Å²) in [6.07, 6.45) is 8.29. The maximum Gasteiger partial charge on any atom is 0.302 e. The number of hydrogen-bond donors (Lipinski definition) is 0. The largest absolute Gasteiger partial charge is 0.462 e. The van der Waals surface area contributed by atoms with Crippen LogP contribution in [0.1, 0.15) is 39.5 Å². The molecule has 0 aromatic rings. The molecule has 0 aromatic carbocycles. The highest BCUT2D eigenvalue weighted by molar-refractivity contribution is 5.66. The first-order valence-corrected chi connectivity index (χ1v) is 5.65. The molecule has 2 unspecified atom stereocenters. The van der Waals surface area contributed by atoms with Crippen molar-refractivity contribution in [1.29, 1.82) is 0 Å². The summed E-state index contributed by atoms with van der Waals surface area (Å²) in [5.41, 5.74) is 1.22. The monoisotopic (exact) mass is 208 g/mol. The van der Waals surface area contributed by atoms with Gasteiger partial charge in [0.1, 0.15) is 6.10 Å². The topological polar surface area (TPSA) is 26.3 Å². The molecule has 1 saturated carbocycles. The number of carbonyl (C=O) groups excluding carboxylic acids is 1. The molecule has 2 heteroatoms. The first kappa shape index (κ1) is 12.0. The van der Waals surface area contributed by atoms with Gasteiger partial charge in [-0.3, -0.25) is 4.79 Å². The minimum atomic E-state index is -0.181. The summed E-state index contributed by atoms with van der Waals surface area (Å²) in [6.45, 7) is 7.63. The van der Waals surface area contributed by atoms with Crippen LogP contribution in [0.3, 0.4) is 0 Å². The lowest BCUT2D eigenvalue weighted by Gasteiger charge is -2.18. The fourth-order valence-electron chi connectivity index (χ4n) is 2.06. The Morgan fingerprint density at radius 1 is 1.60 bits per heavy atom. The Bertz CT molecular complexity index is 266. The zero-order chi connectivity index (χ0) is 11.3. The van der Waals surface area contributed by atoms with E-state index < -0.39 is 0 Å². The maximum atomic E-state index is 10.9. The molecule has 0 saturated heterocycles. The number of ether oxygens (including phenoxy) is 1. The van der Waals surface area contributed by atoms with Crippen LogP contribution in [0.4, 0.5) is 0 Å². The average Bonchev–Trinajstić information content (AvgIpc) is 2.49. The van der Waals surface area contributed by atoms with Crippen molar-refractivity contribution in [3.63, 3.8) is 0 Å². The fraction of sp³-hybridized carbons (Fsp3) is 0.615. The molecular formula is C13H20O2. The lowest BCUT2D eigenvalue weighted by Crippen LogP contribution is -2.20. The molecule has 0 heterocycles. The van der Waals surface area contributed by atoms with Crippen molar-refractivity contribution in [2.75, 3.05) is 0 Å². The van der Waals surface area contributed by atoms with Crippen molar-refractivity contribution in [1.82, 2.24) is 0 Å². The van der Waals surface area contributed by atoms with Crippen molar-refractivity contribution in [2.45, 2.75) is 45.6 Å². The van der Waals surface area contributed by atoms with E-state index >= 15 is 0 Å². The smallest absolute Gasteiger partial charge is 0.302 e. The molecule has 15 heavy (non-hydrogen) atoms. The molecule has 84 valence electrons. The molecule has 1 aliphatic carbocycles. The van der Waals surface area contributed by atoms with Crippen molar-refractivity contribution < 1.29 is 9.53 Å². The molecule has 0 amide bonds.